The van der Waals surface area contributed by atoms with Crippen molar-refractivity contribution >= 4 is 39.0 Å². The van der Waals surface area contributed by atoms with Gasteiger partial charge in [-0.25, -0.2) is 14.8 Å². The van der Waals surface area contributed by atoms with Crippen molar-refractivity contribution in [2.24, 2.45) is 0 Å². The Labute approximate surface area is 161 Å². The zero-order chi connectivity index (χ0) is 19.2. The summed E-state index contributed by atoms with van der Waals surface area (Å²) in [6, 6.07) is 5.56. The molecule has 0 fully saturated rings. The van der Waals surface area contributed by atoms with Crippen LogP contribution in [0.4, 0.5) is 11.5 Å². The summed E-state index contributed by atoms with van der Waals surface area (Å²) in [4.78, 5) is 21.5. The molecule has 1 N–H and O–H groups in total. The number of benzene rings is 1. The van der Waals surface area contributed by atoms with Gasteiger partial charge in [0, 0.05) is 17.1 Å². The fourth-order valence-corrected chi connectivity index (χ4v) is 3.47. The molecule has 142 valence electrons. The lowest BCUT2D eigenvalue weighted by molar-refractivity contribution is 0.0529. The monoisotopic (exact) mass is 387 g/mol. The van der Waals surface area contributed by atoms with E-state index in [1.54, 1.807) is 12.3 Å². The van der Waals surface area contributed by atoms with Gasteiger partial charge in [0.15, 0.2) is 11.5 Å². The van der Waals surface area contributed by atoms with Crippen molar-refractivity contribution in [1.29, 1.82) is 0 Å². The molecule has 0 aliphatic carbocycles. The number of nitrogens with one attached hydrogen (secondary N) is 1. The largest absolute Gasteiger partial charge is 0.490 e. The Morgan fingerprint density at radius 1 is 1.07 bits per heavy atom. The van der Waals surface area contributed by atoms with Gasteiger partial charge in [-0.3, -0.25) is 0 Å². The number of rotatable bonds is 8. The molecule has 0 saturated heterocycles. The fraction of sp³-hybridized carbons (Fsp3) is 0.316. The molecule has 0 atom stereocenters. The van der Waals surface area contributed by atoms with Crippen LogP contribution in [0.3, 0.4) is 0 Å². The van der Waals surface area contributed by atoms with Crippen LogP contribution in [-0.2, 0) is 4.74 Å². The van der Waals surface area contributed by atoms with Gasteiger partial charge in [0.25, 0.3) is 0 Å². The normalized spacial score (nSPS) is 10.6. The van der Waals surface area contributed by atoms with Crippen LogP contribution in [0.2, 0.25) is 0 Å². The number of fused-ring (bicyclic) bond motifs is 1. The fourth-order valence-electron chi connectivity index (χ4n) is 2.59. The molecular formula is C19H21N3O4S. The number of ether oxygens (including phenoxy) is 3. The maximum atomic E-state index is 12.2. The van der Waals surface area contributed by atoms with Crippen LogP contribution in [0.15, 0.2) is 29.9 Å². The molecule has 0 radical (unpaired) electrons. The predicted octanol–water partition coefficient (Wildman–Crippen LogP) is 4.41. The molecule has 3 rings (SSSR count). The first kappa shape index (κ1) is 18.9. The van der Waals surface area contributed by atoms with Crippen molar-refractivity contribution in [3.05, 3.63) is 35.5 Å². The molecule has 2 heterocycles. The van der Waals surface area contributed by atoms with Crippen LogP contribution >= 0.6 is 11.3 Å². The molecule has 0 saturated carbocycles. The van der Waals surface area contributed by atoms with Gasteiger partial charge in [-0.1, -0.05) is 0 Å². The second-order valence-electron chi connectivity index (χ2n) is 5.42. The summed E-state index contributed by atoms with van der Waals surface area (Å²) in [5, 5.41) is 5.64. The van der Waals surface area contributed by atoms with Crippen molar-refractivity contribution in [3.8, 4) is 11.5 Å². The molecule has 7 nitrogen and oxygen atoms in total. The summed E-state index contributed by atoms with van der Waals surface area (Å²) in [7, 11) is 0. The molecule has 27 heavy (non-hydrogen) atoms. The molecule has 0 bridgehead atoms. The van der Waals surface area contributed by atoms with Crippen molar-refractivity contribution < 1.29 is 19.0 Å². The molecule has 0 spiro atoms. The highest BCUT2D eigenvalue weighted by Gasteiger charge is 2.18. The van der Waals surface area contributed by atoms with E-state index in [-0.39, 0.29) is 5.97 Å². The summed E-state index contributed by atoms with van der Waals surface area (Å²) >= 11 is 1.38. The summed E-state index contributed by atoms with van der Waals surface area (Å²) in [6.07, 6.45) is 1.47. The number of carbonyl (C=O) groups is 1. The maximum absolute atomic E-state index is 12.2. The summed E-state index contributed by atoms with van der Waals surface area (Å²) < 4.78 is 16.4. The lowest BCUT2D eigenvalue weighted by Gasteiger charge is -2.13. The standard InChI is InChI=1S/C19H21N3O4S/c1-4-24-14-8-7-12(9-15(14)25-5-2)22-17-16-13(19(23)26-6-3)10-27-18(16)21-11-20-17/h7-11H,4-6H2,1-3H3,(H,20,21,22). The Morgan fingerprint density at radius 3 is 2.59 bits per heavy atom. The van der Waals surface area contributed by atoms with E-state index in [1.807, 2.05) is 32.0 Å². The molecule has 3 aromatic rings. The number of hydrogen-bond donors (Lipinski definition) is 1. The smallest absolute Gasteiger partial charge is 0.339 e. The Balaban J connectivity index is 1.98. The average Bonchev–Trinajstić information content (AvgIpc) is 3.10. The molecule has 0 unspecified atom stereocenters. The minimum Gasteiger partial charge on any atom is -0.490 e. The lowest BCUT2D eigenvalue weighted by Crippen LogP contribution is -2.05. The SMILES string of the molecule is CCOC(=O)c1csc2ncnc(Nc3ccc(OCC)c(OCC)c3)c12. The minimum atomic E-state index is -0.386. The van der Waals surface area contributed by atoms with E-state index in [4.69, 9.17) is 14.2 Å². The Hall–Kier alpha value is -2.87. The molecule has 0 amide bonds. The number of aromatic nitrogens is 2. The number of hydrogen-bond acceptors (Lipinski definition) is 8. The van der Waals surface area contributed by atoms with Crippen molar-refractivity contribution in [1.82, 2.24) is 9.97 Å². The molecule has 2 aromatic heterocycles. The number of thiophene rings is 1. The van der Waals surface area contributed by atoms with Gasteiger partial charge in [-0.05, 0) is 32.9 Å². The van der Waals surface area contributed by atoms with Gasteiger partial charge in [-0.15, -0.1) is 11.3 Å². The molecule has 0 aliphatic rings. The number of esters is 1. The molecular weight excluding hydrogens is 366 g/mol. The van der Waals surface area contributed by atoms with Crippen LogP contribution in [0, 0.1) is 0 Å². The molecule has 1 aromatic carbocycles. The third-order valence-corrected chi connectivity index (χ3v) is 4.56. The Morgan fingerprint density at radius 2 is 1.85 bits per heavy atom. The van der Waals surface area contributed by atoms with Gasteiger partial charge >= 0.3 is 5.97 Å². The quantitative estimate of drug-likeness (QED) is 0.573. The van der Waals surface area contributed by atoms with E-state index in [1.165, 1.54) is 17.7 Å². The van der Waals surface area contributed by atoms with Crippen LogP contribution in [0.1, 0.15) is 31.1 Å². The minimum absolute atomic E-state index is 0.309. The van der Waals surface area contributed by atoms with Gasteiger partial charge < -0.3 is 19.5 Å². The predicted molar refractivity (Wildman–Crippen MR) is 105 cm³/mol. The number of carbonyl (C=O) groups excluding carboxylic acids is 1. The lowest BCUT2D eigenvalue weighted by atomic mass is 10.2. The first-order valence-electron chi connectivity index (χ1n) is 8.73. The van der Waals surface area contributed by atoms with Crippen LogP contribution in [-0.4, -0.2) is 35.8 Å². The molecule has 8 heteroatoms. The Kier molecular flexibility index (Phi) is 6.08. The van der Waals surface area contributed by atoms with E-state index in [0.717, 1.165) is 5.69 Å². The zero-order valence-electron chi connectivity index (χ0n) is 15.4. The molecule has 0 aliphatic heterocycles. The Bertz CT molecular complexity index is 942. The first-order valence-corrected chi connectivity index (χ1v) is 9.61. The van der Waals surface area contributed by atoms with Gasteiger partial charge in [-0.2, -0.15) is 0 Å². The van der Waals surface area contributed by atoms with E-state index in [0.29, 0.717) is 52.9 Å². The van der Waals surface area contributed by atoms with Gasteiger partial charge in [0.05, 0.1) is 30.8 Å². The van der Waals surface area contributed by atoms with Crippen LogP contribution < -0.4 is 14.8 Å². The topological polar surface area (TPSA) is 82.6 Å². The summed E-state index contributed by atoms with van der Waals surface area (Å²) in [5.74, 6) is 1.48. The third kappa shape index (κ3) is 4.11. The van der Waals surface area contributed by atoms with Crippen molar-refractivity contribution in [3.63, 3.8) is 0 Å². The van der Waals surface area contributed by atoms with E-state index >= 15 is 0 Å². The highest BCUT2D eigenvalue weighted by Crippen LogP contribution is 2.35. The average molecular weight is 387 g/mol. The summed E-state index contributed by atoms with van der Waals surface area (Å²) in [6.45, 7) is 7.00. The zero-order valence-corrected chi connectivity index (χ0v) is 16.3. The van der Waals surface area contributed by atoms with Crippen molar-refractivity contribution in [2.75, 3.05) is 25.1 Å². The second kappa shape index (κ2) is 8.68. The van der Waals surface area contributed by atoms with Crippen LogP contribution in [0.25, 0.3) is 10.2 Å². The number of nitrogens with zero attached hydrogens (tertiary/aromatic N) is 2. The van der Waals surface area contributed by atoms with Gasteiger partial charge in [0.2, 0.25) is 0 Å². The third-order valence-electron chi connectivity index (χ3n) is 3.67. The highest BCUT2D eigenvalue weighted by molar-refractivity contribution is 7.17. The second-order valence-corrected chi connectivity index (χ2v) is 6.28. The summed E-state index contributed by atoms with van der Waals surface area (Å²) in [5.41, 5.74) is 1.22. The van der Waals surface area contributed by atoms with E-state index < -0.39 is 0 Å². The van der Waals surface area contributed by atoms with Crippen molar-refractivity contribution in [2.45, 2.75) is 20.8 Å². The first-order chi connectivity index (χ1) is 13.2. The van der Waals surface area contributed by atoms with E-state index in [2.05, 4.69) is 15.3 Å². The van der Waals surface area contributed by atoms with E-state index in [9.17, 15) is 4.79 Å². The number of anilines is 2. The highest BCUT2D eigenvalue weighted by atomic mass is 32.1. The van der Waals surface area contributed by atoms with Crippen LogP contribution in [0.5, 0.6) is 11.5 Å². The maximum Gasteiger partial charge on any atom is 0.339 e. The van der Waals surface area contributed by atoms with Gasteiger partial charge in [0.1, 0.15) is 17.0 Å².